The number of pyridine rings is 1. The van der Waals surface area contributed by atoms with E-state index in [4.69, 9.17) is 0 Å². The summed E-state index contributed by atoms with van der Waals surface area (Å²) in [4.78, 5) is 9.03. The van der Waals surface area contributed by atoms with Gasteiger partial charge in [-0.25, -0.2) is 4.98 Å². The molecule has 0 spiro atoms. The average molecular weight is 285 g/mol. The normalized spacial score (nSPS) is 10.9. The second-order valence-electron chi connectivity index (χ2n) is 5.26. The molecule has 4 aromatic rings. The number of benzene rings is 2. The van der Waals surface area contributed by atoms with E-state index in [9.17, 15) is 0 Å². The zero-order chi connectivity index (χ0) is 14.8. The van der Waals surface area contributed by atoms with E-state index in [0.717, 1.165) is 28.8 Å². The Bertz CT molecular complexity index is 910. The summed E-state index contributed by atoms with van der Waals surface area (Å²) in [6, 6.07) is 20.6. The van der Waals surface area contributed by atoms with Crippen molar-refractivity contribution < 1.29 is 0 Å². The van der Waals surface area contributed by atoms with E-state index in [2.05, 4.69) is 38.8 Å². The molecule has 22 heavy (non-hydrogen) atoms. The summed E-state index contributed by atoms with van der Waals surface area (Å²) in [5.74, 6) is 1.02. The minimum atomic E-state index is 0.764. The predicted molar refractivity (Wildman–Crippen MR) is 88.1 cm³/mol. The number of rotatable bonds is 3. The van der Waals surface area contributed by atoms with Crippen molar-refractivity contribution in [1.29, 1.82) is 0 Å². The van der Waals surface area contributed by atoms with E-state index in [0.29, 0.717) is 0 Å². The van der Waals surface area contributed by atoms with Crippen molar-refractivity contribution >= 4 is 10.9 Å². The molecule has 2 aromatic heterocycles. The second-order valence-corrected chi connectivity index (χ2v) is 5.26. The first-order chi connectivity index (χ1) is 10.9. The van der Waals surface area contributed by atoms with Gasteiger partial charge in [0.2, 0.25) is 0 Å². The average Bonchev–Trinajstić information content (AvgIpc) is 3.04. The Hall–Kier alpha value is -2.94. The van der Waals surface area contributed by atoms with Gasteiger partial charge >= 0.3 is 0 Å². The third-order valence-electron chi connectivity index (χ3n) is 3.76. The van der Waals surface area contributed by atoms with Gasteiger partial charge in [0.1, 0.15) is 5.82 Å². The molecule has 0 fully saturated rings. The molecule has 2 heterocycles. The van der Waals surface area contributed by atoms with Gasteiger partial charge in [0.05, 0.1) is 5.52 Å². The van der Waals surface area contributed by atoms with Crippen LogP contribution in [0.4, 0.5) is 0 Å². The fraction of sp³-hybridized carbons (Fsp3) is 0.0526. The molecule has 3 nitrogen and oxygen atoms in total. The maximum absolute atomic E-state index is 4.53. The zero-order valence-electron chi connectivity index (χ0n) is 12.1. The van der Waals surface area contributed by atoms with Gasteiger partial charge in [0, 0.05) is 36.1 Å². The molecule has 4 rings (SSSR count). The Morgan fingerprint density at radius 2 is 1.68 bits per heavy atom. The first kappa shape index (κ1) is 12.8. The van der Waals surface area contributed by atoms with Gasteiger partial charge in [-0.3, -0.25) is 4.98 Å². The van der Waals surface area contributed by atoms with Gasteiger partial charge in [-0.1, -0.05) is 36.4 Å². The lowest BCUT2D eigenvalue weighted by Crippen LogP contribution is -2.01. The Labute approximate surface area is 128 Å². The lowest BCUT2D eigenvalue weighted by atomic mass is 10.1. The molecule has 0 bridgehead atoms. The van der Waals surface area contributed by atoms with Gasteiger partial charge in [-0.2, -0.15) is 0 Å². The molecule has 0 unspecified atom stereocenters. The molecular formula is C19H15N3. The lowest BCUT2D eigenvalue weighted by molar-refractivity contribution is 0.911. The van der Waals surface area contributed by atoms with Crippen LogP contribution in [0.5, 0.6) is 0 Å². The quantitative estimate of drug-likeness (QED) is 0.569. The summed E-state index contributed by atoms with van der Waals surface area (Å²) in [6.07, 6.45) is 6.54. The van der Waals surface area contributed by atoms with Crippen LogP contribution in [0.25, 0.3) is 16.6 Å². The van der Waals surface area contributed by atoms with Crippen LogP contribution in [0.2, 0.25) is 0 Å². The van der Waals surface area contributed by atoms with Crippen LogP contribution in [-0.2, 0) is 6.42 Å². The van der Waals surface area contributed by atoms with E-state index in [1.54, 1.807) is 0 Å². The molecule has 0 radical (unpaired) electrons. The summed E-state index contributed by atoms with van der Waals surface area (Å²) >= 11 is 0. The Morgan fingerprint density at radius 3 is 2.59 bits per heavy atom. The molecule has 0 N–H and O–H groups in total. The Kier molecular flexibility index (Phi) is 3.16. The number of fused-ring (bicyclic) bond motifs is 1. The molecule has 0 aliphatic heterocycles. The highest BCUT2D eigenvalue weighted by molar-refractivity contribution is 5.78. The van der Waals surface area contributed by atoms with Crippen LogP contribution in [0.3, 0.4) is 0 Å². The maximum Gasteiger partial charge on any atom is 0.117 e. The first-order valence-corrected chi connectivity index (χ1v) is 7.31. The maximum atomic E-state index is 4.53. The van der Waals surface area contributed by atoms with Gasteiger partial charge < -0.3 is 4.57 Å². The van der Waals surface area contributed by atoms with Crippen LogP contribution in [0.1, 0.15) is 11.4 Å². The number of imidazole rings is 1. The highest BCUT2D eigenvalue weighted by Gasteiger charge is 2.07. The SMILES string of the molecule is c1ccc(-n2ccnc2Cc2cnc3ccccc3c2)cc1. The number of nitrogens with zero attached hydrogens (tertiary/aromatic N) is 3. The number of para-hydroxylation sites is 2. The zero-order valence-corrected chi connectivity index (χ0v) is 12.1. The van der Waals surface area contributed by atoms with E-state index in [1.165, 1.54) is 5.56 Å². The molecule has 0 saturated heterocycles. The van der Waals surface area contributed by atoms with Crippen molar-refractivity contribution in [3.63, 3.8) is 0 Å². The lowest BCUT2D eigenvalue weighted by Gasteiger charge is -2.08. The molecular weight excluding hydrogens is 270 g/mol. The number of hydrogen-bond donors (Lipinski definition) is 0. The smallest absolute Gasteiger partial charge is 0.117 e. The van der Waals surface area contributed by atoms with Gasteiger partial charge in [-0.15, -0.1) is 0 Å². The van der Waals surface area contributed by atoms with Crippen LogP contribution in [-0.4, -0.2) is 14.5 Å². The highest BCUT2D eigenvalue weighted by atomic mass is 15.1. The predicted octanol–water partition coefficient (Wildman–Crippen LogP) is 4.01. The number of aromatic nitrogens is 3. The van der Waals surface area contributed by atoms with E-state index in [1.807, 2.05) is 55.0 Å². The van der Waals surface area contributed by atoms with Gasteiger partial charge in [-0.05, 0) is 29.8 Å². The topological polar surface area (TPSA) is 30.7 Å². The molecule has 0 saturated carbocycles. The molecule has 3 heteroatoms. The Balaban J connectivity index is 1.70. The Morgan fingerprint density at radius 1 is 0.864 bits per heavy atom. The fourth-order valence-electron chi connectivity index (χ4n) is 2.68. The second kappa shape index (κ2) is 5.45. The molecule has 2 aromatic carbocycles. The van der Waals surface area contributed by atoms with Crippen LogP contribution < -0.4 is 0 Å². The van der Waals surface area contributed by atoms with Crippen LogP contribution >= 0.6 is 0 Å². The minimum absolute atomic E-state index is 0.764. The standard InChI is InChI=1S/C19H15N3/c1-2-7-17(8-3-1)22-11-10-20-19(22)13-15-12-16-6-4-5-9-18(16)21-14-15/h1-12,14H,13H2. The summed E-state index contributed by atoms with van der Waals surface area (Å²) in [6.45, 7) is 0. The van der Waals surface area contributed by atoms with Crippen LogP contribution in [0, 0.1) is 0 Å². The minimum Gasteiger partial charge on any atom is -0.303 e. The van der Waals surface area contributed by atoms with Crippen molar-refractivity contribution in [1.82, 2.24) is 14.5 Å². The first-order valence-electron chi connectivity index (χ1n) is 7.31. The number of hydrogen-bond acceptors (Lipinski definition) is 2. The van der Waals surface area contributed by atoms with Crippen molar-refractivity contribution in [3.8, 4) is 5.69 Å². The molecule has 0 amide bonds. The van der Waals surface area contributed by atoms with Crippen molar-refractivity contribution in [2.24, 2.45) is 0 Å². The van der Waals surface area contributed by atoms with Crippen molar-refractivity contribution in [2.45, 2.75) is 6.42 Å². The molecule has 0 atom stereocenters. The van der Waals surface area contributed by atoms with Gasteiger partial charge in [0.25, 0.3) is 0 Å². The van der Waals surface area contributed by atoms with Crippen molar-refractivity contribution in [2.75, 3.05) is 0 Å². The van der Waals surface area contributed by atoms with E-state index >= 15 is 0 Å². The van der Waals surface area contributed by atoms with Crippen LogP contribution in [0.15, 0.2) is 79.3 Å². The summed E-state index contributed by atoms with van der Waals surface area (Å²) in [5, 5.41) is 1.16. The molecule has 0 aliphatic rings. The third kappa shape index (κ3) is 2.37. The summed E-state index contributed by atoms with van der Waals surface area (Å²) in [5.41, 5.74) is 3.32. The fourth-order valence-corrected chi connectivity index (χ4v) is 2.68. The van der Waals surface area contributed by atoms with Gasteiger partial charge in [0.15, 0.2) is 0 Å². The highest BCUT2D eigenvalue weighted by Crippen LogP contribution is 2.17. The summed E-state index contributed by atoms with van der Waals surface area (Å²) in [7, 11) is 0. The van der Waals surface area contributed by atoms with E-state index in [-0.39, 0.29) is 0 Å². The van der Waals surface area contributed by atoms with Crippen molar-refractivity contribution in [3.05, 3.63) is 90.6 Å². The van der Waals surface area contributed by atoms with E-state index < -0.39 is 0 Å². The summed E-state index contributed by atoms with van der Waals surface area (Å²) < 4.78 is 2.12. The largest absolute Gasteiger partial charge is 0.303 e. The monoisotopic (exact) mass is 285 g/mol. The molecule has 106 valence electrons. The molecule has 0 aliphatic carbocycles. The third-order valence-corrected chi connectivity index (χ3v) is 3.76.